The molecule has 0 amide bonds. The highest BCUT2D eigenvalue weighted by Gasteiger charge is 2.13. The van der Waals surface area contributed by atoms with E-state index in [-0.39, 0.29) is 39.2 Å². The number of nitro groups is 1. The van der Waals surface area contributed by atoms with Crippen LogP contribution in [0.5, 0.6) is 5.75 Å². The Balaban J connectivity index is 1.83. The maximum atomic E-state index is 11.0. The number of nitrogens with zero attached hydrogens (tertiary/aromatic N) is 2. The average Bonchev–Trinajstić information content (AvgIpc) is 2.77. The van der Waals surface area contributed by atoms with E-state index in [1.165, 1.54) is 36.4 Å². The number of aromatic carboxylic acids is 1. The van der Waals surface area contributed by atoms with Gasteiger partial charge in [0.05, 0.1) is 32.2 Å². The van der Waals surface area contributed by atoms with Crippen LogP contribution < -0.4 is 4.74 Å². The van der Waals surface area contributed by atoms with Crippen LogP contribution in [0.4, 0.5) is 5.69 Å². The molecular formula is C23H14Cl2N2O5. The highest BCUT2D eigenvalue weighted by atomic mass is 35.5. The third-order valence-corrected chi connectivity index (χ3v) is 4.97. The SMILES string of the molecule is N#CC(=Cc1cc(Cl)c(OCc2ccc(C(=O)O)cc2)c(Cl)c1)c1cccc([N+](=O)[O-])c1. The summed E-state index contributed by atoms with van der Waals surface area (Å²) in [5.41, 5.74) is 1.87. The minimum atomic E-state index is -1.02. The van der Waals surface area contributed by atoms with Crippen molar-refractivity contribution in [3.8, 4) is 11.8 Å². The van der Waals surface area contributed by atoms with Gasteiger partial charge in [-0.2, -0.15) is 5.26 Å². The largest absolute Gasteiger partial charge is 0.486 e. The van der Waals surface area contributed by atoms with Crippen molar-refractivity contribution >= 4 is 46.5 Å². The van der Waals surface area contributed by atoms with Crippen molar-refractivity contribution in [2.45, 2.75) is 6.61 Å². The number of carboxylic acids is 1. The zero-order valence-corrected chi connectivity index (χ0v) is 17.8. The van der Waals surface area contributed by atoms with E-state index in [4.69, 9.17) is 33.0 Å². The number of halogens is 2. The second-order valence-electron chi connectivity index (χ2n) is 6.58. The normalized spacial score (nSPS) is 11.0. The Hall–Kier alpha value is -3.86. The molecule has 32 heavy (non-hydrogen) atoms. The highest BCUT2D eigenvalue weighted by molar-refractivity contribution is 6.37. The van der Waals surface area contributed by atoms with Crippen molar-refractivity contribution in [2.24, 2.45) is 0 Å². The maximum absolute atomic E-state index is 11.0. The number of non-ortho nitro benzene ring substituents is 1. The highest BCUT2D eigenvalue weighted by Crippen LogP contribution is 2.36. The molecule has 0 radical (unpaired) electrons. The molecular weight excluding hydrogens is 455 g/mol. The Morgan fingerprint density at radius 2 is 1.75 bits per heavy atom. The van der Waals surface area contributed by atoms with E-state index in [9.17, 15) is 20.2 Å². The molecule has 0 aliphatic heterocycles. The molecule has 0 saturated carbocycles. The molecule has 160 valence electrons. The number of hydrogen-bond donors (Lipinski definition) is 1. The number of nitro benzene ring substituents is 1. The van der Waals surface area contributed by atoms with Crippen LogP contribution in [0.25, 0.3) is 11.6 Å². The quantitative estimate of drug-likeness (QED) is 0.190. The molecule has 3 rings (SSSR count). The Morgan fingerprint density at radius 1 is 1.09 bits per heavy atom. The molecule has 0 spiro atoms. The summed E-state index contributed by atoms with van der Waals surface area (Å²) in [5.74, 6) is -0.782. The second-order valence-corrected chi connectivity index (χ2v) is 7.40. The zero-order chi connectivity index (χ0) is 23.3. The van der Waals surface area contributed by atoms with Gasteiger partial charge in [0.25, 0.3) is 5.69 Å². The fourth-order valence-corrected chi connectivity index (χ4v) is 3.45. The minimum Gasteiger partial charge on any atom is -0.486 e. The first-order valence-electron chi connectivity index (χ1n) is 9.09. The van der Waals surface area contributed by atoms with E-state index in [1.54, 1.807) is 30.3 Å². The lowest BCUT2D eigenvalue weighted by Crippen LogP contribution is -1.99. The summed E-state index contributed by atoms with van der Waals surface area (Å²) in [6, 6.07) is 17.1. The number of nitriles is 1. The Labute approximate surface area is 192 Å². The van der Waals surface area contributed by atoms with Crippen LogP contribution in [0.15, 0.2) is 60.7 Å². The number of benzene rings is 3. The molecule has 0 unspecified atom stereocenters. The van der Waals surface area contributed by atoms with E-state index in [1.807, 2.05) is 6.07 Å². The van der Waals surface area contributed by atoms with Crippen molar-refractivity contribution in [3.63, 3.8) is 0 Å². The zero-order valence-electron chi connectivity index (χ0n) is 16.3. The summed E-state index contributed by atoms with van der Waals surface area (Å²) in [6.07, 6.45) is 1.52. The molecule has 0 heterocycles. The molecule has 0 bridgehead atoms. The van der Waals surface area contributed by atoms with Gasteiger partial charge >= 0.3 is 5.97 Å². The molecule has 0 aromatic heterocycles. The van der Waals surface area contributed by atoms with Gasteiger partial charge in [0.1, 0.15) is 6.61 Å². The van der Waals surface area contributed by atoms with Gasteiger partial charge < -0.3 is 9.84 Å². The van der Waals surface area contributed by atoms with Gasteiger partial charge in [-0.15, -0.1) is 0 Å². The first-order chi connectivity index (χ1) is 15.3. The van der Waals surface area contributed by atoms with Gasteiger partial charge in [0.2, 0.25) is 0 Å². The predicted molar refractivity (Wildman–Crippen MR) is 121 cm³/mol. The predicted octanol–water partition coefficient (Wildman–Crippen LogP) is 6.24. The van der Waals surface area contributed by atoms with Crippen molar-refractivity contribution in [3.05, 3.63) is 103 Å². The van der Waals surface area contributed by atoms with Crippen LogP contribution >= 0.6 is 23.2 Å². The number of carboxylic acid groups (broad SMARTS) is 1. The number of allylic oxidation sites excluding steroid dienone is 1. The summed E-state index contributed by atoms with van der Waals surface area (Å²) in [7, 11) is 0. The number of rotatable bonds is 7. The van der Waals surface area contributed by atoms with E-state index in [2.05, 4.69) is 0 Å². The molecule has 0 saturated heterocycles. The summed E-state index contributed by atoms with van der Waals surface area (Å²) in [6.45, 7) is 0.117. The first-order valence-corrected chi connectivity index (χ1v) is 9.85. The van der Waals surface area contributed by atoms with Crippen molar-refractivity contribution in [1.82, 2.24) is 0 Å². The molecule has 3 aromatic carbocycles. The van der Waals surface area contributed by atoms with Crippen LogP contribution in [0.1, 0.15) is 27.0 Å². The topological polar surface area (TPSA) is 113 Å². The molecule has 0 aliphatic rings. The summed E-state index contributed by atoms with van der Waals surface area (Å²) < 4.78 is 5.70. The van der Waals surface area contributed by atoms with Crippen LogP contribution in [0.3, 0.4) is 0 Å². The minimum absolute atomic E-state index is 0.117. The molecule has 9 heteroatoms. The summed E-state index contributed by atoms with van der Waals surface area (Å²) in [5, 5.41) is 29.9. The monoisotopic (exact) mass is 468 g/mol. The Morgan fingerprint density at radius 3 is 2.31 bits per heavy atom. The molecule has 0 aliphatic carbocycles. The molecule has 7 nitrogen and oxygen atoms in total. The average molecular weight is 469 g/mol. The molecule has 3 aromatic rings. The Kier molecular flexibility index (Phi) is 7.11. The third kappa shape index (κ3) is 5.43. The van der Waals surface area contributed by atoms with Crippen molar-refractivity contribution < 1.29 is 19.6 Å². The van der Waals surface area contributed by atoms with Gasteiger partial charge in [-0.1, -0.05) is 47.5 Å². The van der Waals surface area contributed by atoms with E-state index in [0.29, 0.717) is 11.1 Å². The fraction of sp³-hybridized carbons (Fsp3) is 0.0435. The van der Waals surface area contributed by atoms with Gasteiger partial charge in [-0.25, -0.2) is 4.79 Å². The Bertz CT molecular complexity index is 1240. The third-order valence-electron chi connectivity index (χ3n) is 4.40. The van der Waals surface area contributed by atoms with Crippen LogP contribution in [0, 0.1) is 21.4 Å². The second kappa shape index (κ2) is 9.96. The van der Waals surface area contributed by atoms with Gasteiger partial charge in [0, 0.05) is 12.1 Å². The lowest BCUT2D eigenvalue weighted by Gasteiger charge is -2.11. The number of ether oxygens (including phenoxy) is 1. The lowest BCUT2D eigenvalue weighted by molar-refractivity contribution is -0.384. The fourth-order valence-electron chi connectivity index (χ4n) is 2.83. The molecule has 0 atom stereocenters. The standard InChI is InChI=1S/C23H14Cl2N2O5/c24-20-9-15(8-18(12-26)17-2-1-3-19(11-17)27(30)31)10-21(25)22(20)32-13-14-4-6-16(7-5-14)23(28)29/h1-11H,13H2,(H,28,29). The van der Waals surface area contributed by atoms with Crippen molar-refractivity contribution in [1.29, 1.82) is 5.26 Å². The molecule has 1 N–H and O–H groups in total. The number of carbonyl (C=O) groups is 1. The van der Waals surface area contributed by atoms with Gasteiger partial charge in [-0.3, -0.25) is 10.1 Å². The first kappa shape index (κ1) is 22.8. The van der Waals surface area contributed by atoms with Crippen molar-refractivity contribution in [2.75, 3.05) is 0 Å². The van der Waals surface area contributed by atoms with Gasteiger partial charge in [-0.05, 0) is 47.0 Å². The van der Waals surface area contributed by atoms with Crippen LogP contribution in [0.2, 0.25) is 10.0 Å². The van der Waals surface area contributed by atoms with Gasteiger partial charge in [0.15, 0.2) is 5.75 Å². The van der Waals surface area contributed by atoms with Crippen LogP contribution in [-0.2, 0) is 6.61 Å². The smallest absolute Gasteiger partial charge is 0.335 e. The maximum Gasteiger partial charge on any atom is 0.335 e. The van der Waals surface area contributed by atoms with Crippen LogP contribution in [-0.4, -0.2) is 16.0 Å². The summed E-state index contributed by atoms with van der Waals surface area (Å²) >= 11 is 12.6. The number of hydrogen-bond acceptors (Lipinski definition) is 5. The van der Waals surface area contributed by atoms with E-state index in [0.717, 1.165) is 5.56 Å². The summed E-state index contributed by atoms with van der Waals surface area (Å²) in [4.78, 5) is 21.4. The van der Waals surface area contributed by atoms with E-state index < -0.39 is 10.9 Å². The lowest BCUT2D eigenvalue weighted by atomic mass is 10.0. The molecule has 0 fully saturated rings. The van der Waals surface area contributed by atoms with E-state index >= 15 is 0 Å².